The van der Waals surface area contributed by atoms with E-state index in [-0.39, 0.29) is 29.4 Å². The normalized spacial score (nSPS) is 15.7. The molecule has 1 aromatic heterocycles. The highest BCUT2D eigenvalue weighted by Gasteiger charge is 2.24. The molecule has 0 aliphatic carbocycles. The van der Waals surface area contributed by atoms with E-state index in [9.17, 15) is 24.5 Å². The van der Waals surface area contributed by atoms with Crippen LogP contribution >= 0.6 is 0 Å². The van der Waals surface area contributed by atoms with Gasteiger partial charge in [-0.15, -0.1) is 0 Å². The summed E-state index contributed by atoms with van der Waals surface area (Å²) in [5.41, 5.74) is 6.80. The number of aromatic amines is 1. The highest BCUT2D eigenvalue weighted by Crippen LogP contribution is 2.20. The van der Waals surface area contributed by atoms with Gasteiger partial charge in [0.05, 0.1) is 5.56 Å². The number of rotatable bonds is 9. The van der Waals surface area contributed by atoms with Crippen LogP contribution in [0.4, 0.5) is 17.5 Å². The molecule has 0 radical (unpaired) electrons. The van der Waals surface area contributed by atoms with Gasteiger partial charge in [-0.1, -0.05) is 0 Å². The molecular formula is C19H23N7O6. The van der Waals surface area contributed by atoms with Crippen molar-refractivity contribution in [2.75, 3.05) is 36.0 Å². The monoisotopic (exact) mass is 445 g/mol. The Labute approximate surface area is 181 Å². The summed E-state index contributed by atoms with van der Waals surface area (Å²) in [4.78, 5) is 51.9. The smallest absolute Gasteiger partial charge is 0.326 e. The van der Waals surface area contributed by atoms with E-state index in [1.165, 1.54) is 12.1 Å². The van der Waals surface area contributed by atoms with Gasteiger partial charge >= 0.3 is 5.97 Å². The number of nitrogens with two attached hydrogens (primary N) is 1. The van der Waals surface area contributed by atoms with Crippen LogP contribution in [0.5, 0.6) is 0 Å². The Hall–Kier alpha value is -4.16. The van der Waals surface area contributed by atoms with Crippen molar-refractivity contribution >= 4 is 29.3 Å². The molecule has 1 aliphatic rings. The summed E-state index contributed by atoms with van der Waals surface area (Å²) in [5, 5.41) is 28.2. The number of hydrogen-bond donors (Lipinski definition) is 6. The molecule has 7 N–H and O–H groups in total. The van der Waals surface area contributed by atoms with Crippen molar-refractivity contribution in [3.8, 4) is 0 Å². The van der Waals surface area contributed by atoms with Gasteiger partial charge in [0.1, 0.15) is 11.9 Å². The first-order chi connectivity index (χ1) is 15.2. The molecule has 170 valence electrons. The minimum Gasteiger partial charge on any atom is -0.480 e. The molecule has 13 heteroatoms. The first-order valence-electron chi connectivity index (χ1n) is 9.85. The number of carboxylic acid groups (broad SMARTS) is 1. The molecule has 0 bridgehead atoms. The molecular weight excluding hydrogens is 422 g/mol. The summed E-state index contributed by atoms with van der Waals surface area (Å²) in [6, 6.07) is 5.04. The zero-order valence-electron chi connectivity index (χ0n) is 17.0. The number of nitrogens with one attached hydrogen (secondary N) is 4. The molecule has 1 aromatic carbocycles. The second-order valence-electron chi connectivity index (χ2n) is 7.40. The van der Waals surface area contributed by atoms with Crippen molar-refractivity contribution in [2.24, 2.45) is 5.92 Å². The van der Waals surface area contributed by atoms with E-state index in [1.54, 1.807) is 12.1 Å². The summed E-state index contributed by atoms with van der Waals surface area (Å²) < 4.78 is 0. The number of carbonyl (C=O) groups excluding carboxylic acids is 1. The van der Waals surface area contributed by atoms with Gasteiger partial charge in [-0.05, 0) is 36.6 Å². The van der Waals surface area contributed by atoms with Crippen LogP contribution in [-0.2, 0) is 11.2 Å². The summed E-state index contributed by atoms with van der Waals surface area (Å²) in [5.74, 6) is -1.29. The third-order valence-electron chi connectivity index (χ3n) is 5.03. The number of aromatic nitrogens is 2. The summed E-state index contributed by atoms with van der Waals surface area (Å²) in [6.07, 6.45) is 0.219. The van der Waals surface area contributed by atoms with Crippen LogP contribution in [0.15, 0.2) is 29.1 Å². The van der Waals surface area contributed by atoms with E-state index in [1.807, 2.05) is 0 Å². The van der Waals surface area contributed by atoms with Crippen molar-refractivity contribution in [2.45, 2.75) is 18.9 Å². The molecule has 2 atom stereocenters. The second kappa shape index (κ2) is 9.76. The molecule has 0 fully saturated rings. The standard InChI is InChI=1S/C19H23N7O6/c20-19-24-15-13(17(28)25-19)7-10(9-22-15)8-21-12-3-1-11(2-4-12)16(27)23-14(18(29)30)5-6-26(31)32/h1-4,10,14,21H,5-9H2,(H,23,27)(H,29,30)(H4,20,22,24,25,28)/t10?,14-/m0/s1. The maximum Gasteiger partial charge on any atom is 0.326 e. The quantitative estimate of drug-likeness (QED) is 0.223. The molecule has 0 spiro atoms. The first kappa shape index (κ1) is 22.5. The van der Waals surface area contributed by atoms with Gasteiger partial charge in [-0.25, -0.2) is 4.79 Å². The number of amides is 1. The molecule has 2 aromatic rings. The number of nitrogen functional groups attached to an aromatic ring is 1. The fraction of sp³-hybridized carbons (Fsp3) is 0.368. The van der Waals surface area contributed by atoms with Gasteiger partial charge in [-0.3, -0.25) is 24.7 Å². The van der Waals surface area contributed by atoms with Crippen molar-refractivity contribution in [3.05, 3.63) is 55.9 Å². The van der Waals surface area contributed by atoms with Gasteiger partial charge in [0, 0.05) is 35.7 Å². The third-order valence-corrected chi connectivity index (χ3v) is 5.03. The zero-order chi connectivity index (χ0) is 23.3. The Morgan fingerprint density at radius 2 is 2.06 bits per heavy atom. The van der Waals surface area contributed by atoms with Crippen molar-refractivity contribution in [3.63, 3.8) is 0 Å². The Balaban J connectivity index is 1.54. The minimum atomic E-state index is -1.35. The fourth-order valence-corrected chi connectivity index (χ4v) is 3.33. The number of nitro groups is 1. The number of carbonyl (C=O) groups is 2. The van der Waals surface area contributed by atoms with Crippen LogP contribution in [0.1, 0.15) is 22.3 Å². The topological polar surface area (TPSA) is 205 Å². The van der Waals surface area contributed by atoms with E-state index in [0.717, 1.165) is 5.69 Å². The van der Waals surface area contributed by atoms with E-state index >= 15 is 0 Å². The third kappa shape index (κ3) is 5.71. The Morgan fingerprint density at radius 1 is 1.34 bits per heavy atom. The summed E-state index contributed by atoms with van der Waals surface area (Å²) >= 11 is 0. The molecule has 1 amide bonds. The second-order valence-corrected chi connectivity index (χ2v) is 7.40. The predicted molar refractivity (Wildman–Crippen MR) is 115 cm³/mol. The highest BCUT2D eigenvalue weighted by atomic mass is 16.6. The largest absolute Gasteiger partial charge is 0.480 e. The molecule has 3 rings (SSSR count). The van der Waals surface area contributed by atoms with Crippen molar-refractivity contribution in [1.29, 1.82) is 0 Å². The van der Waals surface area contributed by atoms with Crippen LogP contribution in [0.2, 0.25) is 0 Å². The molecule has 1 aliphatic heterocycles. The number of nitrogens with zero attached hydrogens (tertiary/aromatic N) is 2. The number of benzene rings is 1. The van der Waals surface area contributed by atoms with Gasteiger partial charge in [0.25, 0.3) is 11.5 Å². The maximum absolute atomic E-state index is 12.3. The predicted octanol–water partition coefficient (Wildman–Crippen LogP) is -0.102. The number of aliphatic carboxylic acids is 1. The minimum absolute atomic E-state index is 0.0643. The van der Waals surface area contributed by atoms with Crippen LogP contribution in [0.25, 0.3) is 0 Å². The Morgan fingerprint density at radius 3 is 2.72 bits per heavy atom. The molecule has 1 unspecified atom stereocenters. The number of carboxylic acids is 1. The van der Waals surface area contributed by atoms with Crippen LogP contribution in [0, 0.1) is 16.0 Å². The number of anilines is 3. The number of H-pyrrole nitrogens is 1. The van der Waals surface area contributed by atoms with Crippen LogP contribution < -0.4 is 27.2 Å². The summed E-state index contributed by atoms with van der Waals surface area (Å²) in [7, 11) is 0. The fourth-order valence-electron chi connectivity index (χ4n) is 3.33. The average molecular weight is 445 g/mol. The summed E-state index contributed by atoms with van der Waals surface area (Å²) in [6.45, 7) is 0.608. The number of hydrogen-bond acceptors (Lipinski definition) is 9. The van der Waals surface area contributed by atoms with Gasteiger partial charge in [0.15, 0.2) is 0 Å². The average Bonchev–Trinajstić information content (AvgIpc) is 2.75. The lowest BCUT2D eigenvalue weighted by Crippen LogP contribution is -2.41. The van der Waals surface area contributed by atoms with E-state index < -0.39 is 29.4 Å². The first-order valence-corrected chi connectivity index (χ1v) is 9.85. The molecule has 0 saturated heterocycles. The van der Waals surface area contributed by atoms with E-state index in [2.05, 4.69) is 25.9 Å². The zero-order valence-corrected chi connectivity index (χ0v) is 17.0. The maximum atomic E-state index is 12.3. The van der Waals surface area contributed by atoms with Crippen LogP contribution in [-0.4, -0.2) is 57.6 Å². The molecule has 32 heavy (non-hydrogen) atoms. The lowest BCUT2D eigenvalue weighted by atomic mass is 9.96. The lowest BCUT2D eigenvalue weighted by Gasteiger charge is -2.25. The van der Waals surface area contributed by atoms with Gasteiger partial charge in [0.2, 0.25) is 12.5 Å². The van der Waals surface area contributed by atoms with E-state index in [0.29, 0.717) is 30.9 Å². The lowest BCUT2D eigenvalue weighted by molar-refractivity contribution is -0.480. The van der Waals surface area contributed by atoms with Gasteiger partial charge < -0.3 is 26.8 Å². The van der Waals surface area contributed by atoms with Gasteiger partial charge in [-0.2, -0.15) is 4.98 Å². The Kier molecular flexibility index (Phi) is 6.87. The Bertz CT molecular complexity index is 1070. The highest BCUT2D eigenvalue weighted by molar-refractivity contribution is 5.96. The molecule has 0 saturated carbocycles. The molecule has 2 heterocycles. The SMILES string of the molecule is Nc1nc2c(c(=O)[nH]1)CC(CNc1ccc(C(=O)N[C@@H](CC[N+](=O)[O-])C(=O)O)cc1)CN2. The molecule has 13 nitrogen and oxygen atoms in total. The van der Waals surface area contributed by atoms with Crippen molar-refractivity contribution < 1.29 is 19.6 Å². The van der Waals surface area contributed by atoms with Crippen molar-refractivity contribution in [1.82, 2.24) is 15.3 Å². The van der Waals surface area contributed by atoms with Crippen LogP contribution in [0.3, 0.4) is 0 Å². The van der Waals surface area contributed by atoms with E-state index in [4.69, 9.17) is 10.8 Å². The number of fused-ring (bicyclic) bond motifs is 1.